The summed E-state index contributed by atoms with van der Waals surface area (Å²) >= 11 is 1.73. The zero-order chi connectivity index (χ0) is 16.1. The van der Waals surface area contributed by atoms with Crippen molar-refractivity contribution in [2.75, 3.05) is 13.2 Å². The van der Waals surface area contributed by atoms with Crippen LogP contribution in [0.5, 0.6) is 5.75 Å². The van der Waals surface area contributed by atoms with E-state index in [4.69, 9.17) is 4.74 Å². The Morgan fingerprint density at radius 3 is 2.61 bits per heavy atom. The first-order valence-electron chi connectivity index (χ1n) is 8.17. The van der Waals surface area contributed by atoms with E-state index >= 15 is 0 Å². The summed E-state index contributed by atoms with van der Waals surface area (Å²) in [6, 6.07) is 9.96. The molecular weight excluding hydrogens is 306 g/mol. The molecule has 0 radical (unpaired) electrons. The Kier molecular flexibility index (Phi) is 5.01. The van der Waals surface area contributed by atoms with Crippen molar-refractivity contribution < 1.29 is 9.53 Å². The van der Waals surface area contributed by atoms with Crippen LogP contribution in [0.25, 0.3) is 0 Å². The van der Waals surface area contributed by atoms with Gasteiger partial charge in [-0.2, -0.15) is 11.3 Å². The number of carbonyl (C=O) groups is 1. The van der Waals surface area contributed by atoms with E-state index in [1.165, 1.54) is 24.0 Å². The van der Waals surface area contributed by atoms with Gasteiger partial charge in [0.2, 0.25) is 0 Å². The van der Waals surface area contributed by atoms with Crippen LogP contribution in [-0.2, 0) is 10.2 Å². The fourth-order valence-electron chi connectivity index (χ4n) is 3.29. The number of carbonyl (C=O) groups excluding carboxylic acids is 1. The van der Waals surface area contributed by atoms with Gasteiger partial charge in [0.25, 0.3) is 5.91 Å². The number of hydrogen-bond acceptors (Lipinski definition) is 3. The molecular formula is C19H23NO2S. The summed E-state index contributed by atoms with van der Waals surface area (Å²) in [7, 11) is 0. The van der Waals surface area contributed by atoms with Crippen molar-refractivity contribution in [3.63, 3.8) is 0 Å². The van der Waals surface area contributed by atoms with Crippen molar-refractivity contribution >= 4 is 17.2 Å². The van der Waals surface area contributed by atoms with Crippen LogP contribution in [-0.4, -0.2) is 19.1 Å². The SMILES string of the molecule is Cc1ccc(OCC(=O)NCC2(c3ccsc3)CCCC2)cc1. The molecule has 23 heavy (non-hydrogen) atoms. The molecule has 1 amide bonds. The molecule has 1 aliphatic carbocycles. The second-order valence-electron chi connectivity index (χ2n) is 6.38. The summed E-state index contributed by atoms with van der Waals surface area (Å²) in [5.41, 5.74) is 2.68. The molecule has 1 N–H and O–H groups in total. The summed E-state index contributed by atoms with van der Waals surface area (Å²) < 4.78 is 5.55. The van der Waals surface area contributed by atoms with Gasteiger partial charge in [-0.1, -0.05) is 30.5 Å². The summed E-state index contributed by atoms with van der Waals surface area (Å²) in [4.78, 5) is 12.1. The van der Waals surface area contributed by atoms with Gasteiger partial charge in [-0.3, -0.25) is 4.79 Å². The molecule has 1 aromatic heterocycles. The van der Waals surface area contributed by atoms with E-state index in [1.807, 2.05) is 31.2 Å². The maximum atomic E-state index is 12.1. The van der Waals surface area contributed by atoms with E-state index in [2.05, 4.69) is 22.1 Å². The molecule has 1 heterocycles. The van der Waals surface area contributed by atoms with Crippen LogP contribution in [0.2, 0.25) is 0 Å². The van der Waals surface area contributed by atoms with E-state index < -0.39 is 0 Å². The van der Waals surface area contributed by atoms with Gasteiger partial charge < -0.3 is 10.1 Å². The predicted octanol–water partition coefficient (Wildman–Crippen LogP) is 4.06. The summed E-state index contributed by atoms with van der Waals surface area (Å²) in [5, 5.41) is 7.42. The molecule has 1 aromatic carbocycles. The standard InChI is InChI=1S/C19H23NO2S/c1-15-4-6-17(7-5-15)22-12-18(21)20-14-19(9-2-3-10-19)16-8-11-23-13-16/h4-8,11,13H,2-3,9-10,12,14H2,1H3,(H,20,21). The summed E-state index contributed by atoms with van der Waals surface area (Å²) in [6.07, 6.45) is 4.79. The third-order valence-corrected chi connectivity index (χ3v) is 5.39. The fourth-order valence-corrected chi connectivity index (χ4v) is 4.07. The van der Waals surface area contributed by atoms with Gasteiger partial charge in [0, 0.05) is 12.0 Å². The molecule has 0 bridgehead atoms. The van der Waals surface area contributed by atoms with Crippen LogP contribution < -0.4 is 10.1 Å². The zero-order valence-electron chi connectivity index (χ0n) is 13.5. The third kappa shape index (κ3) is 3.94. The highest BCUT2D eigenvalue weighted by Gasteiger charge is 2.36. The van der Waals surface area contributed by atoms with Gasteiger partial charge >= 0.3 is 0 Å². The Hall–Kier alpha value is -1.81. The van der Waals surface area contributed by atoms with Gasteiger partial charge in [-0.25, -0.2) is 0 Å². The first-order valence-corrected chi connectivity index (χ1v) is 9.11. The van der Waals surface area contributed by atoms with E-state index in [1.54, 1.807) is 11.3 Å². The Bertz CT molecular complexity index is 628. The maximum absolute atomic E-state index is 12.1. The van der Waals surface area contributed by atoms with E-state index in [0.29, 0.717) is 6.54 Å². The normalized spacial score (nSPS) is 16.2. The molecule has 0 unspecified atom stereocenters. The van der Waals surface area contributed by atoms with Crippen molar-refractivity contribution in [3.05, 3.63) is 52.2 Å². The molecule has 1 aliphatic rings. The molecule has 0 spiro atoms. The zero-order valence-corrected chi connectivity index (χ0v) is 14.3. The Labute approximate surface area is 141 Å². The average molecular weight is 329 g/mol. The minimum absolute atomic E-state index is 0.0490. The molecule has 122 valence electrons. The van der Waals surface area contributed by atoms with Gasteiger partial charge in [-0.05, 0) is 54.3 Å². The third-order valence-electron chi connectivity index (χ3n) is 4.71. The molecule has 0 aliphatic heterocycles. The second kappa shape index (κ2) is 7.18. The van der Waals surface area contributed by atoms with Gasteiger partial charge in [0.1, 0.15) is 5.75 Å². The lowest BCUT2D eigenvalue weighted by atomic mass is 9.80. The van der Waals surface area contributed by atoms with Crippen molar-refractivity contribution in [1.29, 1.82) is 0 Å². The van der Waals surface area contributed by atoms with E-state index in [-0.39, 0.29) is 17.9 Å². The highest BCUT2D eigenvalue weighted by Crippen LogP contribution is 2.41. The number of amides is 1. The number of benzene rings is 1. The van der Waals surface area contributed by atoms with Crippen molar-refractivity contribution in [2.24, 2.45) is 0 Å². The Balaban J connectivity index is 1.52. The van der Waals surface area contributed by atoms with Crippen molar-refractivity contribution in [1.82, 2.24) is 5.32 Å². The van der Waals surface area contributed by atoms with Crippen LogP contribution in [0.1, 0.15) is 36.8 Å². The molecule has 0 saturated heterocycles. The van der Waals surface area contributed by atoms with Crippen LogP contribution in [0.3, 0.4) is 0 Å². The molecule has 0 atom stereocenters. The minimum atomic E-state index is -0.0490. The first-order chi connectivity index (χ1) is 11.2. The average Bonchev–Trinajstić information content (AvgIpc) is 3.24. The lowest BCUT2D eigenvalue weighted by Gasteiger charge is -2.28. The number of aryl methyl sites for hydroxylation is 1. The summed E-state index contributed by atoms with van der Waals surface area (Å²) in [5.74, 6) is 0.686. The largest absolute Gasteiger partial charge is 0.484 e. The Morgan fingerprint density at radius 2 is 1.96 bits per heavy atom. The quantitative estimate of drug-likeness (QED) is 0.868. The molecule has 3 nitrogen and oxygen atoms in total. The lowest BCUT2D eigenvalue weighted by Crippen LogP contribution is -2.40. The number of thiophene rings is 1. The summed E-state index contributed by atoms with van der Waals surface area (Å²) in [6.45, 7) is 2.81. The van der Waals surface area contributed by atoms with Gasteiger partial charge in [-0.15, -0.1) is 0 Å². The highest BCUT2D eigenvalue weighted by molar-refractivity contribution is 7.08. The van der Waals surface area contributed by atoms with Crippen LogP contribution >= 0.6 is 11.3 Å². The van der Waals surface area contributed by atoms with Crippen molar-refractivity contribution in [3.8, 4) is 5.75 Å². The van der Waals surface area contributed by atoms with Gasteiger partial charge in [0.05, 0.1) is 0 Å². The maximum Gasteiger partial charge on any atom is 0.257 e. The van der Waals surface area contributed by atoms with Crippen LogP contribution in [0.15, 0.2) is 41.1 Å². The van der Waals surface area contributed by atoms with Crippen LogP contribution in [0, 0.1) is 6.92 Å². The minimum Gasteiger partial charge on any atom is -0.484 e. The number of rotatable bonds is 6. The predicted molar refractivity (Wildman–Crippen MR) is 94.1 cm³/mol. The molecule has 2 aromatic rings. The topological polar surface area (TPSA) is 38.3 Å². The molecule has 4 heteroatoms. The van der Waals surface area contributed by atoms with E-state index in [0.717, 1.165) is 18.6 Å². The highest BCUT2D eigenvalue weighted by atomic mass is 32.1. The first kappa shape index (κ1) is 16.1. The lowest BCUT2D eigenvalue weighted by molar-refractivity contribution is -0.123. The second-order valence-corrected chi connectivity index (χ2v) is 7.16. The molecule has 1 fully saturated rings. The smallest absolute Gasteiger partial charge is 0.257 e. The molecule has 1 saturated carbocycles. The Morgan fingerprint density at radius 1 is 1.22 bits per heavy atom. The fraction of sp³-hybridized carbons (Fsp3) is 0.421. The monoisotopic (exact) mass is 329 g/mol. The van der Waals surface area contributed by atoms with Crippen molar-refractivity contribution in [2.45, 2.75) is 38.0 Å². The van der Waals surface area contributed by atoms with Gasteiger partial charge in [0.15, 0.2) is 6.61 Å². The van der Waals surface area contributed by atoms with Crippen LogP contribution in [0.4, 0.5) is 0 Å². The molecule has 3 rings (SSSR count). The number of hydrogen-bond donors (Lipinski definition) is 1. The number of ether oxygens (including phenoxy) is 1. The van der Waals surface area contributed by atoms with E-state index in [9.17, 15) is 4.79 Å². The number of nitrogens with one attached hydrogen (secondary N) is 1.